The maximum Gasteiger partial charge on any atom is 0.412 e. The van der Waals surface area contributed by atoms with Gasteiger partial charge in [-0.05, 0) is 32.9 Å². The van der Waals surface area contributed by atoms with Crippen molar-refractivity contribution in [1.82, 2.24) is 10.4 Å². The third-order valence-electron chi connectivity index (χ3n) is 3.43. The molecule has 1 aromatic heterocycles. The molecule has 0 unspecified atom stereocenters. The summed E-state index contributed by atoms with van der Waals surface area (Å²) in [5.41, 5.74) is 4.32. The fourth-order valence-corrected chi connectivity index (χ4v) is 2.57. The molecule has 0 fully saturated rings. The average Bonchev–Trinajstić information content (AvgIpc) is 2.72. The molecule has 1 aliphatic rings. The number of aliphatic hydroxyl groups excluding tert-OH is 1. The van der Waals surface area contributed by atoms with Crippen molar-refractivity contribution < 1.29 is 19.4 Å². The quantitative estimate of drug-likeness (QED) is 0.674. The lowest BCUT2D eigenvalue weighted by atomic mass is 10.0. The molecule has 8 nitrogen and oxygen atoms in total. The van der Waals surface area contributed by atoms with E-state index in [1.54, 1.807) is 32.9 Å². The van der Waals surface area contributed by atoms with Gasteiger partial charge in [0.05, 0.1) is 24.1 Å². The SMILES string of the molecule is CC(C)(C)OC(=O)Nc1cc2c3c(c(CO)[nH]c3c1)C=NNC2=O. The van der Waals surface area contributed by atoms with E-state index in [0.717, 1.165) is 0 Å². The third-order valence-corrected chi connectivity index (χ3v) is 3.43. The third kappa shape index (κ3) is 2.95. The van der Waals surface area contributed by atoms with Crippen LogP contribution in [-0.2, 0) is 11.3 Å². The van der Waals surface area contributed by atoms with E-state index in [1.165, 1.54) is 6.21 Å². The summed E-state index contributed by atoms with van der Waals surface area (Å²) in [5, 5.41) is 16.6. The normalized spacial score (nSPS) is 13.6. The van der Waals surface area contributed by atoms with Gasteiger partial charge in [0.1, 0.15) is 5.60 Å². The molecule has 2 aromatic rings. The Morgan fingerprint density at radius 3 is 2.79 bits per heavy atom. The molecular weight excluding hydrogens is 312 g/mol. The summed E-state index contributed by atoms with van der Waals surface area (Å²) in [6.45, 7) is 5.07. The number of hydrogen-bond donors (Lipinski definition) is 4. The molecule has 4 N–H and O–H groups in total. The molecule has 0 radical (unpaired) electrons. The van der Waals surface area contributed by atoms with Crippen LogP contribution in [0.5, 0.6) is 0 Å². The Morgan fingerprint density at radius 2 is 2.12 bits per heavy atom. The van der Waals surface area contributed by atoms with Gasteiger partial charge in [0.15, 0.2) is 0 Å². The summed E-state index contributed by atoms with van der Waals surface area (Å²) in [7, 11) is 0. The van der Waals surface area contributed by atoms with E-state index in [1.807, 2.05) is 0 Å². The van der Waals surface area contributed by atoms with E-state index in [2.05, 4.69) is 20.8 Å². The summed E-state index contributed by atoms with van der Waals surface area (Å²) in [5.74, 6) is -0.397. The fraction of sp³-hybridized carbons (Fsp3) is 0.312. The first-order valence-electron chi connectivity index (χ1n) is 7.41. The van der Waals surface area contributed by atoms with Crippen molar-refractivity contribution in [3.63, 3.8) is 0 Å². The maximum absolute atomic E-state index is 12.2. The number of hydrogen-bond acceptors (Lipinski definition) is 5. The number of carbonyl (C=O) groups is 2. The Balaban J connectivity index is 2.06. The van der Waals surface area contributed by atoms with Crippen LogP contribution in [0.3, 0.4) is 0 Å². The van der Waals surface area contributed by atoms with Gasteiger partial charge in [0, 0.05) is 22.2 Å². The number of carbonyl (C=O) groups excluding carboxylic acids is 2. The summed E-state index contributed by atoms with van der Waals surface area (Å²) in [6, 6.07) is 3.23. The number of ether oxygens (including phenoxy) is 1. The number of rotatable bonds is 2. The minimum absolute atomic E-state index is 0.224. The zero-order valence-corrected chi connectivity index (χ0v) is 13.6. The topological polar surface area (TPSA) is 116 Å². The van der Waals surface area contributed by atoms with Crippen LogP contribution in [-0.4, -0.2) is 33.9 Å². The van der Waals surface area contributed by atoms with Crippen LogP contribution in [0.1, 0.15) is 42.4 Å². The summed E-state index contributed by atoms with van der Waals surface area (Å²) >= 11 is 0. The molecule has 8 heteroatoms. The highest BCUT2D eigenvalue weighted by Crippen LogP contribution is 2.30. The molecule has 1 aromatic carbocycles. The molecule has 0 saturated carbocycles. The van der Waals surface area contributed by atoms with Crippen molar-refractivity contribution in [2.24, 2.45) is 5.10 Å². The zero-order chi connectivity index (χ0) is 17.5. The second-order valence-electron chi connectivity index (χ2n) is 6.45. The van der Waals surface area contributed by atoms with E-state index >= 15 is 0 Å². The van der Waals surface area contributed by atoms with E-state index in [-0.39, 0.29) is 6.61 Å². The second kappa shape index (κ2) is 5.64. The number of nitrogens with one attached hydrogen (secondary N) is 3. The lowest BCUT2D eigenvalue weighted by Gasteiger charge is -2.19. The van der Waals surface area contributed by atoms with Gasteiger partial charge in [-0.2, -0.15) is 5.10 Å². The Labute approximate surface area is 137 Å². The van der Waals surface area contributed by atoms with Gasteiger partial charge in [-0.3, -0.25) is 10.1 Å². The van der Waals surface area contributed by atoms with Crippen LogP contribution in [0.25, 0.3) is 10.9 Å². The van der Waals surface area contributed by atoms with Gasteiger partial charge in [0.25, 0.3) is 5.91 Å². The number of aromatic nitrogens is 1. The van der Waals surface area contributed by atoms with Gasteiger partial charge >= 0.3 is 6.09 Å². The first kappa shape index (κ1) is 16.0. The molecule has 0 saturated heterocycles. The predicted octanol–water partition coefficient (Wildman–Crippen LogP) is 2.08. The lowest BCUT2D eigenvalue weighted by molar-refractivity contribution is 0.0635. The molecule has 0 atom stereocenters. The number of amides is 2. The largest absolute Gasteiger partial charge is 0.444 e. The first-order chi connectivity index (χ1) is 11.3. The Bertz CT molecular complexity index is 861. The van der Waals surface area contributed by atoms with Crippen LogP contribution in [0.15, 0.2) is 17.2 Å². The summed E-state index contributed by atoms with van der Waals surface area (Å²) in [4.78, 5) is 27.2. The van der Waals surface area contributed by atoms with Crippen LogP contribution >= 0.6 is 0 Å². The number of aliphatic hydroxyl groups is 1. The van der Waals surface area contributed by atoms with Crippen molar-refractivity contribution in [2.75, 3.05) is 5.32 Å². The molecule has 2 heterocycles. The first-order valence-corrected chi connectivity index (χ1v) is 7.41. The Hall–Kier alpha value is -2.87. The molecule has 0 spiro atoms. The molecule has 126 valence electrons. The molecule has 24 heavy (non-hydrogen) atoms. The average molecular weight is 330 g/mol. The maximum atomic E-state index is 12.2. The Morgan fingerprint density at radius 1 is 1.38 bits per heavy atom. The van der Waals surface area contributed by atoms with E-state index in [0.29, 0.717) is 33.4 Å². The van der Waals surface area contributed by atoms with Crippen molar-refractivity contribution in [1.29, 1.82) is 0 Å². The molecule has 0 bridgehead atoms. The number of H-pyrrole nitrogens is 1. The predicted molar refractivity (Wildman–Crippen MR) is 89.1 cm³/mol. The van der Waals surface area contributed by atoms with E-state index in [4.69, 9.17) is 4.74 Å². The summed E-state index contributed by atoms with van der Waals surface area (Å²) in [6.07, 6.45) is 0.869. The van der Waals surface area contributed by atoms with Crippen molar-refractivity contribution >= 4 is 34.8 Å². The lowest BCUT2D eigenvalue weighted by Crippen LogP contribution is -2.27. The number of nitrogens with zero attached hydrogens (tertiary/aromatic N) is 1. The molecular formula is C16H18N4O4. The Kier molecular flexibility index (Phi) is 3.76. The van der Waals surface area contributed by atoms with Gasteiger partial charge in [0.2, 0.25) is 0 Å². The highest BCUT2D eigenvalue weighted by Gasteiger charge is 2.22. The highest BCUT2D eigenvalue weighted by molar-refractivity contribution is 6.16. The minimum Gasteiger partial charge on any atom is -0.444 e. The van der Waals surface area contributed by atoms with Crippen molar-refractivity contribution in [2.45, 2.75) is 33.0 Å². The van der Waals surface area contributed by atoms with Crippen molar-refractivity contribution in [3.05, 3.63) is 29.0 Å². The molecule has 3 rings (SSSR count). The molecule has 2 amide bonds. The van der Waals surface area contributed by atoms with Gasteiger partial charge in [-0.1, -0.05) is 0 Å². The van der Waals surface area contributed by atoms with Crippen LogP contribution in [0.4, 0.5) is 10.5 Å². The monoisotopic (exact) mass is 330 g/mol. The number of benzene rings is 1. The number of hydrazone groups is 1. The molecule has 0 aliphatic carbocycles. The zero-order valence-electron chi connectivity index (χ0n) is 13.6. The number of anilines is 1. The fourth-order valence-electron chi connectivity index (χ4n) is 2.57. The van der Waals surface area contributed by atoms with Gasteiger partial charge < -0.3 is 14.8 Å². The van der Waals surface area contributed by atoms with Gasteiger partial charge in [-0.15, -0.1) is 0 Å². The van der Waals surface area contributed by atoms with Crippen LogP contribution in [0.2, 0.25) is 0 Å². The van der Waals surface area contributed by atoms with Gasteiger partial charge in [-0.25, -0.2) is 10.2 Å². The van der Waals surface area contributed by atoms with Crippen LogP contribution < -0.4 is 10.7 Å². The number of aromatic amines is 1. The minimum atomic E-state index is -0.630. The summed E-state index contributed by atoms with van der Waals surface area (Å²) < 4.78 is 5.22. The highest BCUT2D eigenvalue weighted by atomic mass is 16.6. The van der Waals surface area contributed by atoms with E-state index in [9.17, 15) is 14.7 Å². The second-order valence-corrected chi connectivity index (χ2v) is 6.45. The molecule has 1 aliphatic heterocycles. The van der Waals surface area contributed by atoms with Crippen LogP contribution in [0, 0.1) is 0 Å². The standard InChI is InChI=1S/C16H18N4O4/c1-16(2,3)24-15(23)18-8-4-9-13-10(6-17-20-14(9)22)12(7-21)19-11(13)5-8/h4-6,19,21H,7H2,1-3H3,(H,18,23)(H,20,22). The smallest absolute Gasteiger partial charge is 0.412 e. The van der Waals surface area contributed by atoms with E-state index < -0.39 is 17.6 Å². The van der Waals surface area contributed by atoms with Crippen molar-refractivity contribution in [3.8, 4) is 0 Å².